The zero-order valence-corrected chi connectivity index (χ0v) is 9.34. The first-order valence-electron chi connectivity index (χ1n) is 4.96. The van der Waals surface area contributed by atoms with Crippen LogP contribution in [0.3, 0.4) is 0 Å². The van der Waals surface area contributed by atoms with Crippen molar-refractivity contribution in [1.82, 2.24) is 0 Å². The fourth-order valence-electron chi connectivity index (χ4n) is 1.37. The summed E-state index contributed by atoms with van der Waals surface area (Å²) in [6.07, 6.45) is 0.644. The average molecular weight is 220 g/mol. The molecule has 0 spiro atoms. The Morgan fingerprint density at radius 3 is 2.88 bits per heavy atom. The molecule has 0 radical (unpaired) electrons. The van der Waals surface area contributed by atoms with Crippen molar-refractivity contribution in [3.05, 3.63) is 29.6 Å². The van der Waals surface area contributed by atoms with Gasteiger partial charge in [0.25, 0.3) is 0 Å². The summed E-state index contributed by atoms with van der Waals surface area (Å²) in [4.78, 5) is 11.7. The lowest BCUT2D eigenvalue weighted by Gasteiger charge is -2.07. The van der Waals surface area contributed by atoms with E-state index in [0.717, 1.165) is 0 Å². The molecule has 84 valence electrons. The molecule has 0 unspecified atom stereocenters. The van der Waals surface area contributed by atoms with Gasteiger partial charge in [0.05, 0.1) is 12.7 Å². The standard InChI is InChI=1S/C13H13FO2/c1-3-4-5-8-11(15)13-10(14)7-6-9-12(13)16-2/h6-7,9H,5,8H2,1-2H3. The molecule has 0 aliphatic heterocycles. The summed E-state index contributed by atoms with van der Waals surface area (Å²) in [7, 11) is 1.41. The molecule has 16 heavy (non-hydrogen) atoms. The number of hydrogen-bond acceptors (Lipinski definition) is 2. The smallest absolute Gasteiger partial charge is 0.170 e. The number of ketones is 1. The number of carbonyl (C=O) groups is 1. The van der Waals surface area contributed by atoms with Crippen LogP contribution in [0.5, 0.6) is 5.75 Å². The number of benzene rings is 1. The highest BCUT2D eigenvalue weighted by Crippen LogP contribution is 2.22. The van der Waals surface area contributed by atoms with E-state index in [1.54, 1.807) is 13.0 Å². The minimum Gasteiger partial charge on any atom is -0.496 e. The van der Waals surface area contributed by atoms with E-state index >= 15 is 0 Å². The van der Waals surface area contributed by atoms with Crippen molar-refractivity contribution >= 4 is 5.78 Å². The number of Topliss-reactive ketones (excluding diaryl/α,β-unsaturated/α-hetero) is 1. The number of rotatable bonds is 4. The van der Waals surface area contributed by atoms with Gasteiger partial charge >= 0.3 is 0 Å². The minimum absolute atomic E-state index is 0.0166. The van der Waals surface area contributed by atoms with E-state index in [1.165, 1.54) is 19.2 Å². The third kappa shape index (κ3) is 2.83. The molecule has 3 heteroatoms. The molecule has 0 saturated carbocycles. The highest BCUT2D eigenvalue weighted by molar-refractivity contribution is 5.99. The van der Waals surface area contributed by atoms with Gasteiger partial charge in [-0.2, -0.15) is 0 Å². The monoisotopic (exact) mass is 220 g/mol. The van der Waals surface area contributed by atoms with Gasteiger partial charge in [0.15, 0.2) is 5.78 Å². The highest BCUT2D eigenvalue weighted by Gasteiger charge is 2.16. The van der Waals surface area contributed by atoms with Gasteiger partial charge in [-0.05, 0) is 19.1 Å². The van der Waals surface area contributed by atoms with Crippen LogP contribution < -0.4 is 4.74 Å². The van der Waals surface area contributed by atoms with E-state index in [2.05, 4.69) is 11.8 Å². The van der Waals surface area contributed by atoms with Crippen LogP contribution in [-0.4, -0.2) is 12.9 Å². The van der Waals surface area contributed by atoms with E-state index in [4.69, 9.17) is 4.74 Å². The largest absolute Gasteiger partial charge is 0.496 e. The lowest BCUT2D eigenvalue weighted by Crippen LogP contribution is -2.05. The van der Waals surface area contributed by atoms with Crippen LogP contribution in [0, 0.1) is 17.7 Å². The van der Waals surface area contributed by atoms with Gasteiger partial charge in [-0.3, -0.25) is 4.79 Å². The van der Waals surface area contributed by atoms with Crippen LogP contribution in [0.2, 0.25) is 0 Å². The van der Waals surface area contributed by atoms with Gasteiger partial charge in [0.2, 0.25) is 0 Å². The van der Waals surface area contributed by atoms with Crippen molar-refractivity contribution in [2.24, 2.45) is 0 Å². The number of carbonyl (C=O) groups excluding carboxylic acids is 1. The normalized spacial score (nSPS) is 9.19. The number of methoxy groups -OCH3 is 1. The second kappa shape index (κ2) is 5.92. The molecular weight excluding hydrogens is 207 g/mol. The van der Waals surface area contributed by atoms with Crippen molar-refractivity contribution in [2.45, 2.75) is 19.8 Å². The lowest BCUT2D eigenvalue weighted by atomic mass is 10.0. The van der Waals surface area contributed by atoms with Crippen molar-refractivity contribution < 1.29 is 13.9 Å². The van der Waals surface area contributed by atoms with Gasteiger partial charge in [0, 0.05) is 12.8 Å². The second-order valence-corrected chi connectivity index (χ2v) is 3.17. The topological polar surface area (TPSA) is 26.3 Å². The molecule has 1 aromatic rings. The van der Waals surface area contributed by atoms with Crippen LogP contribution in [0.1, 0.15) is 30.1 Å². The van der Waals surface area contributed by atoms with Crippen molar-refractivity contribution in [3.8, 4) is 17.6 Å². The summed E-state index contributed by atoms with van der Waals surface area (Å²) in [5.41, 5.74) is 0.0166. The number of halogens is 1. The minimum atomic E-state index is -0.547. The molecule has 0 heterocycles. The molecule has 0 fully saturated rings. The average Bonchev–Trinajstić information content (AvgIpc) is 2.28. The molecule has 0 aromatic heterocycles. The second-order valence-electron chi connectivity index (χ2n) is 3.17. The third-order valence-electron chi connectivity index (χ3n) is 2.13. The zero-order valence-electron chi connectivity index (χ0n) is 9.34. The Bertz CT molecular complexity index is 441. The van der Waals surface area contributed by atoms with Crippen LogP contribution in [-0.2, 0) is 0 Å². The van der Waals surface area contributed by atoms with Crippen LogP contribution in [0.25, 0.3) is 0 Å². The quantitative estimate of drug-likeness (QED) is 0.576. The summed E-state index contributed by atoms with van der Waals surface area (Å²) in [5.74, 6) is 4.91. The predicted molar refractivity (Wildman–Crippen MR) is 60.0 cm³/mol. The van der Waals surface area contributed by atoms with Gasteiger partial charge < -0.3 is 4.74 Å². The molecule has 2 nitrogen and oxygen atoms in total. The Morgan fingerprint density at radius 2 is 2.25 bits per heavy atom. The Balaban J connectivity index is 2.92. The maximum Gasteiger partial charge on any atom is 0.170 e. The van der Waals surface area contributed by atoms with Crippen LogP contribution in [0.15, 0.2) is 18.2 Å². The fourth-order valence-corrected chi connectivity index (χ4v) is 1.37. The van der Waals surface area contributed by atoms with E-state index in [0.29, 0.717) is 6.42 Å². The number of ether oxygens (including phenoxy) is 1. The first kappa shape index (κ1) is 12.3. The molecule has 0 atom stereocenters. The first-order valence-corrected chi connectivity index (χ1v) is 4.96. The van der Waals surface area contributed by atoms with Gasteiger partial charge in [-0.15, -0.1) is 11.8 Å². The molecule has 0 N–H and O–H groups in total. The molecule has 0 aliphatic carbocycles. The maximum absolute atomic E-state index is 13.5. The van der Waals surface area contributed by atoms with E-state index in [9.17, 15) is 9.18 Å². The summed E-state index contributed by atoms with van der Waals surface area (Å²) >= 11 is 0. The van der Waals surface area contributed by atoms with E-state index in [1.807, 2.05) is 0 Å². The lowest BCUT2D eigenvalue weighted by molar-refractivity contribution is 0.0977. The molecule has 0 aliphatic rings. The predicted octanol–water partition coefficient (Wildman–Crippen LogP) is 2.82. The van der Waals surface area contributed by atoms with Crippen molar-refractivity contribution in [2.75, 3.05) is 7.11 Å². The van der Waals surface area contributed by atoms with Gasteiger partial charge in [0.1, 0.15) is 11.6 Å². The third-order valence-corrected chi connectivity index (χ3v) is 2.13. The van der Waals surface area contributed by atoms with E-state index in [-0.39, 0.29) is 23.5 Å². The zero-order chi connectivity index (χ0) is 12.0. The Labute approximate surface area is 94.4 Å². The molecule has 0 amide bonds. The van der Waals surface area contributed by atoms with Gasteiger partial charge in [-0.1, -0.05) is 6.07 Å². The van der Waals surface area contributed by atoms with Gasteiger partial charge in [-0.25, -0.2) is 4.39 Å². The fraction of sp³-hybridized carbons (Fsp3) is 0.308. The van der Waals surface area contributed by atoms with Crippen LogP contribution in [0.4, 0.5) is 4.39 Å². The Kier molecular flexibility index (Phi) is 4.53. The Hall–Kier alpha value is -1.82. The first-order chi connectivity index (χ1) is 7.70. The van der Waals surface area contributed by atoms with Crippen molar-refractivity contribution in [1.29, 1.82) is 0 Å². The Morgan fingerprint density at radius 1 is 1.50 bits per heavy atom. The van der Waals surface area contributed by atoms with Crippen LogP contribution >= 0.6 is 0 Å². The number of hydrogen-bond donors (Lipinski definition) is 0. The van der Waals surface area contributed by atoms with E-state index < -0.39 is 5.82 Å². The summed E-state index contributed by atoms with van der Waals surface area (Å²) in [6.45, 7) is 1.70. The summed E-state index contributed by atoms with van der Waals surface area (Å²) in [6, 6.07) is 4.33. The molecular formula is C13H13FO2. The SMILES string of the molecule is CC#CCCC(=O)c1c(F)cccc1OC. The molecule has 1 rings (SSSR count). The molecule has 0 bridgehead atoms. The molecule has 0 saturated heterocycles. The highest BCUT2D eigenvalue weighted by atomic mass is 19.1. The van der Waals surface area contributed by atoms with Crippen molar-refractivity contribution in [3.63, 3.8) is 0 Å². The molecule has 1 aromatic carbocycles. The summed E-state index contributed by atoms with van der Waals surface area (Å²) < 4.78 is 18.4. The maximum atomic E-state index is 13.5. The summed E-state index contributed by atoms with van der Waals surface area (Å²) in [5, 5.41) is 0.